The van der Waals surface area contributed by atoms with Crippen LogP contribution in [0.4, 0.5) is 0 Å². The molecule has 0 saturated heterocycles. The second kappa shape index (κ2) is 4.75. The molecular formula is C10H23N3O. The van der Waals surface area contributed by atoms with E-state index in [0.717, 1.165) is 0 Å². The first-order valence-corrected chi connectivity index (χ1v) is 4.98. The molecule has 4 nitrogen and oxygen atoms in total. The van der Waals surface area contributed by atoms with E-state index in [9.17, 15) is 4.79 Å². The number of nitrogens with one attached hydrogen (secondary N) is 1. The fourth-order valence-electron chi connectivity index (χ4n) is 1.05. The van der Waals surface area contributed by atoms with Crippen molar-refractivity contribution in [3.05, 3.63) is 0 Å². The van der Waals surface area contributed by atoms with Crippen LogP contribution in [0.5, 0.6) is 0 Å². The summed E-state index contributed by atoms with van der Waals surface area (Å²) in [6.07, 6.45) is 0. The highest BCUT2D eigenvalue weighted by atomic mass is 16.2. The van der Waals surface area contributed by atoms with Crippen LogP contribution in [0.15, 0.2) is 0 Å². The lowest BCUT2D eigenvalue weighted by Gasteiger charge is -2.30. The Balaban J connectivity index is 4.26. The van der Waals surface area contributed by atoms with Crippen molar-refractivity contribution in [1.29, 1.82) is 0 Å². The first-order valence-electron chi connectivity index (χ1n) is 4.98. The van der Waals surface area contributed by atoms with Crippen LogP contribution < -0.4 is 11.1 Å². The minimum absolute atomic E-state index is 0.0336. The Kier molecular flexibility index (Phi) is 4.55. The van der Waals surface area contributed by atoms with E-state index in [2.05, 4.69) is 19.2 Å². The summed E-state index contributed by atoms with van der Waals surface area (Å²) in [4.78, 5) is 13.7. The van der Waals surface area contributed by atoms with E-state index in [1.54, 1.807) is 13.8 Å². The van der Waals surface area contributed by atoms with Crippen LogP contribution in [0.3, 0.4) is 0 Å². The lowest BCUT2D eigenvalue weighted by atomic mass is 10.2. The Bertz CT molecular complexity index is 196. The van der Waals surface area contributed by atoms with E-state index in [1.807, 2.05) is 18.9 Å². The zero-order chi connectivity index (χ0) is 11.5. The predicted octanol–water partition coefficient (Wildman–Crippen LogP) is 0.526. The molecule has 0 aliphatic carbocycles. The van der Waals surface area contributed by atoms with Crippen molar-refractivity contribution in [3.8, 4) is 0 Å². The second-order valence-corrected chi connectivity index (χ2v) is 4.65. The third-order valence-electron chi connectivity index (χ3n) is 2.25. The molecule has 0 aliphatic heterocycles. The lowest BCUT2D eigenvalue weighted by Crippen LogP contribution is -2.56. The van der Waals surface area contributed by atoms with Crippen LogP contribution in [0.2, 0.25) is 0 Å². The summed E-state index contributed by atoms with van der Waals surface area (Å²) in [6, 6.07) is 0.189. The number of amides is 1. The maximum atomic E-state index is 11.7. The van der Waals surface area contributed by atoms with Crippen molar-refractivity contribution in [3.63, 3.8) is 0 Å². The molecule has 0 unspecified atom stereocenters. The highest BCUT2D eigenvalue weighted by Gasteiger charge is 2.23. The van der Waals surface area contributed by atoms with Gasteiger partial charge in [0.1, 0.15) is 0 Å². The van der Waals surface area contributed by atoms with Gasteiger partial charge in [0, 0.05) is 6.04 Å². The summed E-state index contributed by atoms with van der Waals surface area (Å²) >= 11 is 0. The Morgan fingerprint density at radius 1 is 1.36 bits per heavy atom. The maximum Gasteiger partial charge on any atom is 0.238 e. The van der Waals surface area contributed by atoms with Crippen LogP contribution in [0.25, 0.3) is 0 Å². The van der Waals surface area contributed by atoms with E-state index in [0.29, 0.717) is 6.04 Å². The van der Waals surface area contributed by atoms with Crippen LogP contribution in [-0.2, 0) is 4.79 Å². The van der Waals surface area contributed by atoms with E-state index >= 15 is 0 Å². The predicted molar refractivity (Wildman–Crippen MR) is 58.8 cm³/mol. The van der Waals surface area contributed by atoms with Crippen molar-refractivity contribution >= 4 is 5.91 Å². The van der Waals surface area contributed by atoms with Gasteiger partial charge < -0.3 is 11.1 Å². The molecule has 0 heterocycles. The number of nitrogens with zero attached hydrogens (tertiary/aromatic N) is 1. The number of carbonyl (C=O) groups excluding carboxylic acids is 1. The number of hydrogen-bond acceptors (Lipinski definition) is 3. The van der Waals surface area contributed by atoms with E-state index < -0.39 is 5.66 Å². The fourth-order valence-corrected chi connectivity index (χ4v) is 1.05. The Morgan fingerprint density at radius 3 is 2.07 bits per heavy atom. The summed E-state index contributed by atoms with van der Waals surface area (Å²) in [6.45, 7) is 9.52. The van der Waals surface area contributed by atoms with Crippen molar-refractivity contribution in [2.75, 3.05) is 7.05 Å². The van der Waals surface area contributed by atoms with Crippen molar-refractivity contribution in [2.45, 2.75) is 52.4 Å². The quantitative estimate of drug-likeness (QED) is 0.652. The smallest absolute Gasteiger partial charge is 0.238 e. The summed E-state index contributed by atoms with van der Waals surface area (Å²) in [5.74, 6) is -0.0336. The Morgan fingerprint density at radius 2 is 1.79 bits per heavy atom. The summed E-state index contributed by atoms with van der Waals surface area (Å²) < 4.78 is 0. The molecule has 14 heavy (non-hydrogen) atoms. The number of rotatable bonds is 4. The molecule has 0 aliphatic rings. The minimum Gasteiger partial charge on any atom is -0.337 e. The first kappa shape index (κ1) is 13.4. The van der Waals surface area contributed by atoms with E-state index in [4.69, 9.17) is 5.73 Å². The highest BCUT2D eigenvalue weighted by molar-refractivity contribution is 5.81. The molecule has 3 N–H and O–H groups in total. The molecule has 0 bridgehead atoms. The molecule has 0 aromatic heterocycles. The molecule has 0 rings (SSSR count). The lowest BCUT2D eigenvalue weighted by molar-refractivity contribution is -0.127. The average Bonchev–Trinajstić information content (AvgIpc) is 1.98. The highest BCUT2D eigenvalue weighted by Crippen LogP contribution is 2.03. The van der Waals surface area contributed by atoms with Gasteiger partial charge in [-0.15, -0.1) is 0 Å². The van der Waals surface area contributed by atoms with Gasteiger partial charge in [-0.25, -0.2) is 0 Å². The topological polar surface area (TPSA) is 58.4 Å². The van der Waals surface area contributed by atoms with Gasteiger partial charge in [0.25, 0.3) is 0 Å². The Labute approximate surface area is 86.8 Å². The van der Waals surface area contributed by atoms with Gasteiger partial charge in [-0.05, 0) is 41.7 Å². The van der Waals surface area contributed by atoms with Gasteiger partial charge in [0.15, 0.2) is 0 Å². The molecular weight excluding hydrogens is 178 g/mol. The van der Waals surface area contributed by atoms with Crippen molar-refractivity contribution < 1.29 is 4.79 Å². The number of nitrogens with two attached hydrogens (primary N) is 1. The standard InChI is InChI=1S/C10H23N3O/c1-7(2)13(6)8(3)9(14)12-10(4,5)11/h7-8H,11H2,1-6H3,(H,12,14)/t8-/m0/s1. The maximum absolute atomic E-state index is 11.7. The van der Waals surface area contributed by atoms with Crippen molar-refractivity contribution in [2.24, 2.45) is 5.73 Å². The number of hydrogen-bond donors (Lipinski definition) is 2. The van der Waals surface area contributed by atoms with Gasteiger partial charge in [-0.2, -0.15) is 0 Å². The Hall–Kier alpha value is -0.610. The monoisotopic (exact) mass is 201 g/mol. The van der Waals surface area contributed by atoms with E-state index in [-0.39, 0.29) is 11.9 Å². The molecule has 0 spiro atoms. The zero-order valence-electron chi connectivity index (χ0n) is 10.1. The van der Waals surface area contributed by atoms with Gasteiger partial charge in [-0.1, -0.05) is 0 Å². The number of likely N-dealkylation sites (N-methyl/N-ethyl adjacent to an activating group) is 1. The van der Waals surface area contributed by atoms with E-state index in [1.165, 1.54) is 0 Å². The van der Waals surface area contributed by atoms with Gasteiger partial charge >= 0.3 is 0 Å². The molecule has 0 fully saturated rings. The van der Waals surface area contributed by atoms with Crippen LogP contribution in [-0.4, -0.2) is 35.6 Å². The third kappa shape index (κ3) is 4.58. The van der Waals surface area contributed by atoms with Gasteiger partial charge in [0.2, 0.25) is 5.91 Å². The van der Waals surface area contributed by atoms with Crippen LogP contribution >= 0.6 is 0 Å². The van der Waals surface area contributed by atoms with Gasteiger partial charge in [0.05, 0.1) is 11.7 Å². The summed E-state index contributed by atoms with van der Waals surface area (Å²) in [5, 5.41) is 2.75. The van der Waals surface area contributed by atoms with Crippen LogP contribution in [0.1, 0.15) is 34.6 Å². The summed E-state index contributed by atoms with van der Waals surface area (Å²) in [5.41, 5.74) is 5.05. The molecule has 1 amide bonds. The number of carbonyl (C=O) groups is 1. The largest absolute Gasteiger partial charge is 0.337 e. The second-order valence-electron chi connectivity index (χ2n) is 4.65. The third-order valence-corrected chi connectivity index (χ3v) is 2.25. The average molecular weight is 201 g/mol. The van der Waals surface area contributed by atoms with Gasteiger partial charge in [-0.3, -0.25) is 9.69 Å². The first-order chi connectivity index (χ1) is 6.15. The SMILES string of the molecule is CC(C)N(C)[C@@H](C)C(=O)NC(C)(C)N. The zero-order valence-corrected chi connectivity index (χ0v) is 10.1. The molecule has 0 aromatic rings. The van der Waals surface area contributed by atoms with Crippen molar-refractivity contribution in [1.82, 2.24) is 10.2 Å². The molecule has 0 radical (unpaired) electrons. The van der Waals surface area contributed by atoms with Crippen LogP contribution in [0, 0.1) is 0 Å². The summed E-state index contributed by atoms with van der Waals surface area (Å²) in [7, 11) is 1.93. The molecule has 0 saturated carbocycles. The normalized spacial score (nSPS) is 14.6. The molecule has 1 atom stereocenters. The molecule has 84 valence electrons. The fraction of sp³-hybridized carbons (Fsp3) is 0.900. The minimum atomic E-state index is -0.650. The molecule has 0 aromatic carbocycles. The molecule has 4 heteroatoms.